The molecule has 20 heavy (non-hydrogen) atoms. The Balaban J connectivity index is 2.17. The second-order valence-electron chi connectivity index (χ2n) is 6.24. The number of nitrogens with zero attached hydrogens (tertiary/aromatic N) is 2. The van der Waals surface area contributed by atoms with Gasteiger partial charge in [0.15, 0.2) is 5.78 Å². The van der Waals surface area contributed by atoms with Crippen molar-refractivity contribution in [2.24, 2.45) is 5.41 Å². The Bertz CT molecular complexity index is 683. The van der Waals surface area contributed by atoms with Crippen molar-refractivity contribution in [1.29, 1.82) is 0 Å². The predicted octanol–water partition coefficient (Wildman–Crippen LogP) is 3.94. The van der Waals surface area contributed by atoms with Gasteiger partial charge in [-0.3, -0.25) is 4.79 Å². The summed E-state index contributed by atoms with van der Waals surface area (Å²) in [5.74, 6) is 0.227. The molecule has 104 valence electrons. The van der Waals surface area contributed by atoms with Gasteiger partial charge in [-0.15, -0.1) is 0 Å². The zero-order valence-corrected chi connectivity index (χ0v) is 14.1. The molecular formula is C16H17IN2O. The molecular weight excluding hydrogens is 363 g/mol. The third-order valence-electron chi connectivity index (χ3n) is 3.79. The van der Waals surface area contributed by atoms with E-state index in [4.69, 9.17) is 0 Å². The average Bonchev–Trinajstić information content (AvgIpc) is 2.66. The van der Waals surface area contributed by atoms with Crippen molar-refractivity contribution in [1.82, 2.24) is 9.78 Å². The van der Waals surface area contributed by atoms with Crippen LogP contribution in [0.15, 0.2) is 24.3 Å². The van der Waals surface area contributed by atoms with Crippen LogP contribution in [0.2, 0.25) is 0 Å². The molecule has 3 nitrogen and oxygen atoms in total. The summed E-state index contributed by atoms with van der Waals surface area (Å²) in [6, 6.07) is 8.24. The number of benzene rings is 1. The highest BCUT2D eigenvalue weighted by Crippen LogP contribution is 2.36. The van der Waals surface area contributed by atoms with Gasteiger partial charge in [0, 0.05) is 9.99 Å². The zero-order chi connectivity index (χ0) is 14.5. The van der Waals surface area contributed by atoms with Crippen molar-refractivity contribution < 1.29 is 4.79 Å². The fourth-order valence-corrected chi connectivity index (χ4v) is 3.30. The van der Waals surface area contributed by atoms with Crippen LogP contribution in [0.25, 0.3) is 5.69 Å². The maximum absolute atomic E-state index is 12.4. The lowest BCUT2D eigenvalue weighted by Gasteiger charge is -2.29. The molecule has 0 amide bonds. The van der Waals surface area contributed by atoms with Crippen LogP contribution in [-0.4, -0.2) is 15.6 Å². The lowest BCUT2D eigenvalue weighted by molar-refractivity contribution is 0.0910. The van der Waals surface area contributed by atoms with Crippen molar-refractivity contribution in [2.45, 2.75) is 33.6 Å². The van der Waals surface area contributed by atoms with Gasteiger partial charge < -0.3 is 0 Å². The molecule has 2 aromatic rings. The molecule has 3 rings (SSSR count). The Morgan fingerprint density at radius 1 is 1.20 bits per heavy atom. The van der Waals surface area contributed by atoms with Crippen LogP contribution in [0.5, 0.6) is 0 Å². The number of Topliss-reactive ketones (excluding diaryl/α,β-unsaturated/α-hetero) is 1. The summed E-state index contributed by atoms with van der Waals surface area (Å²) in [4.78, 5) is 12.4. The number of aromatic nitrogens is 2. The molecule has 4 heteroatoms. The molecule has 1 aromatic heterocycles. The van der Waals surface area contributed by atoms with Gasteiger partial charge in [0.2, 0.25) is 0 Å². The number of ketones is 1. The van der Waals surface area contributed by atoms with E-state index in [1.807, 2.05) is 11.6 Å². The van der Waals surface area contributed by atoms with Gasteiger partial charge >= 0.3 is 0 Å². The third kappa shape index (κ3) is 2.30. The summed E-state index contributed by atoms with van der Waals surface area (Å²) >= 11 is 2.29. The first-order valence-electron chi connectivity index (χ1n) is 6.75. The van der Waals surface area contributed by atoms with Gasteiger partial charge in [-0.1, -0.05) is 13.8 Å². The predicted molar refractivity (Wildman–Crippen MR) is 87.5 cm³/mol. The summed E-state index contributed by atoms with van der Waals surface area (Å²) in [5.41, 5.74) is 3.78. The molecule has 0 fully saturated rings. The number of fused-ring (bicyclic) bond motifs is 1. The minimum atomic E-state index is 0.0114. The maximum Gasteiger partial charge on any atom is 0.167 e. The summed E-state index contributed by atoms with van der Waals surface area (Å²) in [6.45, 7) is 6.22. The number of carbonyl (C=O) groups is 1. The van der Waals surface area contributed by atoms with Crippen LogP contribution < -0.4 is 0 Å². The molecule has 0 saturated carbocycles. The van der Waals surface area contributed by atoms with E-state index < -0.39 is 0 Å². The summed E-state index contributed by atoms with van der Waals surface area (Å²) < 4.78 is 3.14. The molecule has 0 saturated heterocycles. The maximum atomic E-state index is 12.4. The monoisotopic (exact) mass is 380 g/mol. The lowest BCUT2D eigenvalue weighted by Crippen LogP contribution is -2.28. The zero-order valence-electron chi connectivity index (χ0n) is 11.9. The quantitative estimate of drug-likeness (QED) is 0.703. The Morgan fingerprint density at radius 2 is 1.85 bits per heavy atom. The van der Waals surface area contributed by atoms with Crippen molar-refractivity contribution >= 4 is 28.4 Å². The standard InChI is InChI=1S/C16H17IN2O/c1-10-15-13(8-16(2,3)9-14(15)20)19(18-10)12-6-4-11(17)5-7-12/h4-7H,8-9H2,1-3H3. The van der Waals surface area contributed by atoms with E-state index >= 15 is 0 Å². The van der Waals surface area contributed by atoms with E-state index in [2.05, 4.69) is 65.8 Å². The molecule has 0 spiro atoms. The van der Waals surface area contributed by atoms with Crippen molar-refractivity contribution in [2.75, 3.05) is 0 Å². The minimum absolute atomic E-state index is 0.0114. The number of rotatable bonds is 1. The molecule has 1 aliphatic rings. The molecule has 0 unspecified atom stereocenters. The van der Waals surface area contributed by atoms with Gasteiger partial charge in [0.05, 0.1) is 22.6 Å². The number of hydrogen-bond acceptors (Lipinski definition) is 2. The number of carbonyl (C=O) groups excluding carboxylic acids is 1. The Labute approximate surface area is 132 Å². The Morgan fingerprint density at radius 3 is 2.50 bits per heavy atom. The van der Waals surface area contributed by atoms with Crippen molar-refractivity contribution in [3.63, 3.8) is 0 Å². The molecule has 0 aliphatic heterocycles. The molecule has 0 radical (unpaired) electrons. The van der Waals surface area contributed by atoms with Gasteiger partial charge in [-0.25, -0.2) is 4.68 Å². The van der Waals surface area contributed by atoms with Crippen LogP contribution in [0, 0.1) is 15.9 Å². The first kappa shape index (κ1) is 13.8. The first-order valence-corrected chi connectivity index (χ1v) is 7.83. The second-order valence-corrected chi connectivity index (χ2v) is 7.48. The molecule has 1 aliphatic carbocycles. The van der Waals surface area contributed by atoms with Gasteiger partial charge in [0.1, 0.15) is 0 Å². The lowest BCUT2D eigenvalue weighted by atomic mass is 9.75. The summed E-state index contributed by atoms with van der Waals surface area (Å²) in [5, 5.41) is 4.60. The third-order valence-corrected chi connectivity index (χ3v) is 4.51. The van der Waals surface area contributed by atoms with Crippen LogP contribution in [0.1, 0.15) is 42.0 Å². The number of hydrogen-bond donors (Lipinski definition) is 0. The summed E-state index contributed by atoms with van der Waals surface area (Å²) in [6.07, 6.45) is 1.50. The van der Waals surface area contributed by atoms with Gasteiger partial charge in [-0.05, 0) is 65.6 Å². The fraction of sp³-hybridized carbons (Fsp3) is 0.375. The highest BCUT2D eigenvalue weighted by atomic mass is 127. The van der Waals surface area contributed by atoms with Crippen LogP contribution >= 0.6 is 22.6 Å². The van der Waals surface area contributed by atoms with Crippen molar-refractivity contribution in [3.05, 3.63) is 44.8 Å². The van der Waals surface area contributed by atoms with E-state index in [-0.39, 0.29) is 11.2 Å². The highest BCUT2D eigenvalue weighted by Gasteiger charge is 2.35. The molecule has 1 heterocycles. The van der Waals surface area contributed by atoms with E-state index in [0.717, 1.165) is 29.1 Å². The number of aryl methyl sites for hydroxylation is 1. The van der Waals surface area contributed by atoms with Gasteiger partial charge in [-0.2, -0.15) is 5.10 Å². The molecule has 1 aromatic carbocycles. The SMILES string of the molecule is Cc1nn(-c2ccc(I)cc2)c2c1C(=O)CC(C)(C)C2. The smallest absolute Gasteiger partial charge is 0.167 e. The van der Waals surface area contributed by atoms with E-state index in [1.165, 1.54) is 3.57 Å². The summed E-state index contributed by atoms with van der Waals surface area (Å²) in [7, 11) is 0. The molecule has 0 atom stereocenters. The molecule has 0 bridgehead atoms. The second kappa shape index (κ2) is 4.69. The minimum Gasteiger partial charge on any atom is -0.294 e. The Hall–Kier alpha value is -1.17. The topological polar surface area (TPSA) is 34.9 Å². The van der Waals surface area contributed by atoms with Crippen LogP contribution in [0.4, 0.5) is 0 Å². The average molecular weight is 380 g/mol. The van der Waals surface area contributed by atoms with Crippen molar-refractivity contribution in [3.8, 4) is 5.69 Å². The number of halogens is 1. The van der Waals surface area contributed by atoms with Gasteiger partial charge in [0.25, 0.3) is 0 Å². The first-order chi connectivity index (χ1) is 9.37. The van der Waals surface area contributed by atoms with E-state index in [0.29, 0.717) is 6.42 Å². The highest BCUT2D eigenvalue weighted by molar-refractivity contribution is 14.1. The fourth-order valence-electron chi connectivity index (χ4n) is 2.94. The normalized spacial score (nSPS) is 17.1. The van der Waals surface area contributed by atoms with Crippen LogP contribution in [-0.2, 0) is 6.42 Å². The van der Waals surface area contributed by atoms with E-state index in [1.54, 1.807) is 0 Å². The molecule has 0 N–H and O–H groups in total. The largest absolute Gasteiger partial charge is 0.294 e. The Kier molecular flexibility index (Phi) is 3.23. The van der Waals surface area contributed by atoms with Crippen LogP contribution in [0.3, 0.4) is 0 Å². The van der Waals surface area contributed by atoms with E-state index in [9.17, 15) is 4.79 Å².